The van der Waals surface area contributed by atoms with Crippen LogP contribution < -0.4 is 0 Å². The molecule has 25 heavy (non-hydrogen) atoms. The van der Waals surface area contributed by atoms with Crippen molar-refractivity contribution in [3.8, 4) is 29.1 Å². The third-order valence-electron chi connectivity index (χ3n) is 6.21. The van der Waals surface area contributed by atoms with Crippen LogP contribution in [0.2, 0.25) is 0 Å². The minimum absolute atomic E-state index is 0.557. The summed E-state index contributed by atoms with van der Waals surface area (Å²) in [6.45, 7) is 0. The van der Waals surface area contributed by atoms with Crippen LogP contribution in [0.25, 0.3) is 0 Å². The Morgan fingerprint density at radius 3 is 1.36 bits per heavy atom. The Morgan fingerprint density at radius 1 is 0.520 bits per heavy atom. The molecule has 0 aromatic heterocycles. The fourth-order valence-electron chi connectivity index (χ4n) is 4.50. The van der Waals surface area contributed by atoms with E-state index in [4.69, 9.17) is 5.26 Å². The van der Waals surface area contributed by atoms with Gasteiger partial charge < -0.3 is 0 Å². The molecule has 3 aliphatic carbocycles. The third kappa shape index (κ3) is 6.32. The number of nitriles is 1. The van der Waals surface area contributed by atoms with E-state index in [1.807, 2.05) is 0 Å². The van der Waals surface area contributed by atoms with Crippen LogP contribution >= 0.6 is 11.8 Å². The fraction of sp³-hybridized carbons (Fsp3) is 0.783. The molecule has 0 radical (unpaired) electrons. The highest BCUT2D eigenvalue weighted by Crippen LogP contribution is 2.32. The lowest BCUT2D eigenvalue weighted by Crippen LogP contribution is -2.15. The zero-order chi connectivity index (χ0) is 17.3. The molecule has 0 spiro atoms. The fourth-order valence-corrected chi connectivity index (χ4v) is 5.16. The summed E-state index contributed by atoms with van der Waals surface area (Å²) in [6.07, 6.45) is 16.6. The Kier molecular flexibility index (Phi) is 7.64. The molecular formula is C23H31NS. The Labute approximate surface area is 158 Å². The smallest absolute Gasteiger partial charge is 0.133 e. The van der Waals surface area contributed by atoms with Crippen LogP contribution in [-0.2, 0) is 0 Å². The second kappa shape index (κ2) is 10.2. The summed E-state index contributed by atoms with van der Waals surface area (Å²) in [5.41, 5.74) is 0. The van der Waals surface area contributed by atoms with E-state index in [0.717, 1.165) is 0 Å². The van der Waals surface area contributed by atoms with Crippen LogP contribution in [0.4, 0.5) is 0 Å². The van der Waals surface area contributed by atoms with Crippen LogP contribution in [-0.4, -0.2) is 5.25 Å². The maximum Gasteiger partial charge on any atom is 0.133 e. The van der Waals surface area contributed by atoms with Gasteiger partial charge in [0.1, 0.15) is 5.40 Å². The normalized spacial score (nSPS) is 33.2. The van der Waals surface area contributed by atoms with Gasteiger partial charge in [-0.1, -0.05) is 42.9 Å². The van der Waals surface area contributed by atoms with E-state index in [2.05, 4.69) is 29.1 Å². The summed E-state index contributed by atoms with van der Waals surface area (Å²) in [5.74, 6) is 16.9. The lowest BCUT2D eigenvalue weighted by molar-refractivity contribution is 0.370. The van der Waals surface area contributed by atoms with E-state index in [1.54, 1.807) is 0 Å². The molecular weight excluding hydrogens is 322 g/mol. The van der Waals surface area contributed by atoms with E-state index in [0.29, 0.717) is 28.9 Å². The summed E-state index contributed by atoms with van der Waals surface area (Å²) >= 11 is 1.46. The van der Waals surface area contributed by atoms with E-state index >= 15 is 0 Å². The van der Waals surface area contributed by atoms with Crippen molar-refractivity contribution in [2.45, 2.75) is 88.7 Å². The highest BCUT2D eigenvalue weighted by Gasteiger charge is 2.22. The summed E-state index contributed by atoms with van der Waals surface area (Å²) in [6, 6.07) is 0. The molecule has 3 saturated carbocycles. The van der Waals surface area contributed by atoms with Crippen molar-refractivity contribution >= 4 is 11.8 Å². The number of thioether (sulfide) groups is 1. The first kappa shape index (κ1) is 18.7. The zero-order valence-corrected chi connectivity index (χ0v) is 16.3. The minimum Gasteiger partial charge on any atom is -0.185 e. The lowest BCUT2D eigenvalue weighted by Gasteiger charge is -2.24. The van der Waals surface area contributed by atoms with E-state index in [1.165, 1.54) is 95.2 Å². The molecule has 1 nitrogen and oxygen atoms in total. The first-order valence-corrected chi connectivity index (χ1v) is 11.3. The number of nitrogens with zero attached hydrogens (tertiary/aromatic N) is 1. The first-order chi connectivity index (χ1) is 12.3. The Bertz CT molecular complexity index is 559. The maximum absolute atomic E-state index is 8.77. The van der Waals surface area contributed by atoms with Crippen molar-refractivity contribution in [2.24, 2.45) is 23.7 Å². The SMILES string of the molecule is N#CSC1CCC(C#CC2CCC(C#CC3CCCCC3)CC2)CC1. The topological polar surface area (TPSA) is 23.8 Å². The average molecular weight is 354 g/mol. The van der Waals surface area contributed by atoms with Crippen molar-refractivity contribution in [3.63, 3.8) is 0 Å². The van der Waals surface area contributed by atoms with Gasteiger partial charge in [-0.05, 0) is 76.0 Å². The van der Waals surface area contributed by atoms with Crippen LogP contribution in [0.15, 0.2) is 0 Å². The zero-order valence-electron chi connectivity index (χ0n) is 15.4. The molecule has 0 aromatic carbocycles. The molecule has 0 atom stereocenters. The van der Waals surface area contributed by atoms with Gasteiger partial charge in [0.2, 0.25) is 0 Å². The van der Waals surface area contributed by atoms with E-state index in [9.17, 15) is 0 Å². The third-order valence-corrected chi connectivity index (χ3v) is 7.12. The molecule has 0 N–H and O–H groups in total. The second-order valence-electron chi connectivity index (χ2n) is 8.14. The molecule has 0 bridgehead atoms. The van der Waals surface area contributed by atoms with Gasteiger partial charge >= 0.3 is 0 Å². The molecule has 3 fully saturated rings. The quantitative estimate of drug-likeness (QED) is 0.417. The van der Waals surface area contributed by atoms with Crippen molar-refractivity contribution in [1.29, 1.82) is 5.26 Å². The molecule has 0 unspecified atom stereocenters. The predicted molar refractivity (Wildman–Crippen MR) is 107 cm³/mol. The molecule has 0 aliphatic heterocycles. The first-order valence-electron chi connectivity index (χ1n) is 10.4. The van der Waals surface area contributed by atoms with Gasteiger partial charge in [0.25, 0.3) is 0 Å². The molecule has 134 valence electrons. The van der Waals surface area contributed by atoms with Crippen molar-refractivity contribution in [1.82, 2.24) is 0 Å². The largest absolute Gasteiger partial charge is 0.185 e. The molecule has 0 aromatic rings. The number of rotatable bonds is 1. The van der Waals surface area contributed by atoms with Gasteiger partial charge in [-0.2, -0.15) is 5.26 Å². The highest BCUT2D eigenvalue weighted by molar-refractivity contribution is 8.04. The van der Waals surface area contributed by atoms with Crippen LogP contribution in [0.5, 0.6) is 0 Å². The van der Waals surface area contributed by atoms with Gasteiger partial charge in [-0.15, -0.1) is 0 Å². The lowest BCUT2D eigenvalue weighted by atomic mass is 9.81. The summed E-state index contributed by atoms with van der Waals surface area (Å²) in [5, 5.41) is 11.6. The van der Waals surface area contributed by atoms with E-state index in [-0.39, 0.29) is 0 Å². The van der Waals surface area contributed by atoms with Crippen molar-refractivity contribution in [3.05, 3.63) is 0 Å². The number of hydrogen-bond donors (Lipinski definition) is 0. The Morgan fingerprint density at radius 2 is 0.920 bits per heavy atom. The highest BCUT2D eigenvalue weighted by atomic mass is 32.2. The molecule has 0 saturated heterocycles. The summed E-state index contributed by atoms with van der Waals surface area (Å²) in [7, 11) is 0. The number of hydrogen-bond acceptors (Lipinski definition) is 2. The van der Waals surface area contributed by atoms with Gasteiger partial charge in [0.05, 0.1) is 0 Å². The van der Waals surface area contributed by atoms with Crippen LogP contribution in [0.1, 0.15) is 83.5 Å². The van der Waals surface area contributed by atoms with Crippen LogP contribution in [0, 0.1) is 58.0 Å². The van der Waals surface area contributed by atoms with Crippen molar-refractivity contribution < 1.29 is 0 Å². The van der Waals surface area contributed by atoms with Gasteiger partial charge in [-0.3, -0.25) is 0 Å². The predicted octanol–water partition coefficient (Wildman–Crippen LogP) is 6.15. The second-order valence-corrected chi connectivity index (χ2v) is 9.23. The molecule has 2 heteroatoms. The maximum atomic E-state index is 8.77. The summed E-state index contributed by atoms with van der Waals surface area (Å²) < 4.78 is 0. The number of thiocyanates is 1. The summed E-state index contributed by atoms with van der Waals surface area (Å²) in [4.78, 5) is 0. The van der Waals surface area contributed by atoms with Gasteiger partial charge in [-0.25, -0.2) is 0 Å². The van der Waals surface area contributed by atoms with Gasteiger partial charge in [0, 0.05) is 28.9 Å². The monoisotopic (exact) mass is 353 g/mol. The average Bonchev–Trinajstić information content (AvgIpc) is 2.68. The minimum atomic E-state index is 0.557. The van der Waals surface area contributed by atoms with E-state index < -0.39 is 0 Å². The standard InChI is InChI=1S/C23H31NS/c24-18-25-23-16-14-22(15-17-23)13-12-21-10-8-20(9-11-21)7-6-19-4-2-1-3-5-19/h19-23H,1-5,8-11,14-17H2. The van der Waals surface area contributed by atoms with Crippen molar-refractivity contribution in [2.75, 3.05) is 0 Å². The Balaban J connectivity index is 1.37. The molecule has 0 heterocycles. The van der Waals surface area contributed by atoms with Gasteiger partial charge in [0.15, 0.2) is 0 Å². The molecule has 3 aliphatic rings. The van der Waals surface area contributed by atoms with Crippen LogP contribution in [0.3, 0.4) is 0 Å². The molecule has 3 rings (SSSR count). The Hall–Kier alpha value is -1.04. The molecule has 0 amide bonds.